The van der Waals surface area contributed by atoms with Gasteiger partial charge < -0.3 is 25.2 Å². The average Bonchev–Trinajstić information content (AvgIpc) is 3.48. The number of piperazine rings is 1. The summed E-state index contributed by atoms with van der Waals surface area (Å²) < 4.78 is 0. The molecule has 1 saturated heterocycles. The first-order valence-corrected chi connectivity index (χ1v) is 11.5. The summed E-state index contributed by atoms with van der Waals surface area (Å²) in [4.78, 5) is 34.3. The maximum absolute atomic E-state index is 13.7. The van der Waals surface area contributed by atoms with Crippen molar-refractivity contribution in [1.82, 2.24) is 14.8 Å². The molecule has 2 aromatic carbocycles. The van der Waals surface area contributed by atoms with Gasteiger partial charge in [-0.15, -0.1) is 0 Å². The number of nitrogens with one attached hydrogen (secondary N) is 1. The summed E-state index contributed by atoms with van der Waals surface area (Å²) in [5.74, 6) is -0.0300. The molecule has 2 unspecified atom stereocenters. The first-order valence-electron chi connectivity index (χ1n) is 11.5. The molecule has 2 aliphatic heterocycles. The van der Waals surface area contributed by atoms with Crippen LogP contribution in [-0.4, -0.2) is 50.4 Å². The van der Waals surface area contributed by atoms with E-state index in [9.17, 15) is 20.0 Å². The van der Waals surface area contributed by atoms with E-state index in [4.69, 9.17) is 0 Å². The van der Waals surface area contributed by atoms with Crippen molar-refractivity contribution in [3.63, 3.8) is 0 Å². The van der Waals surface area contributed by atoms with E-state index >= 15 is 0 Å². The number of hydrogen-bond donors (Lipinski definition) is 2. The van der Waals surface area contributed by atoms with E-state index in [2.05, 4.69) is 4.98 Å². The molecular weight excluding hydrogens is 420 g/mol. The molecular formula is C25H25N4O4-. The molecule has 3 heterocycles. The third kappa shape index (κ3) is 3.13. The number of amides is 2. The van der Waals surface area contributed by atoms with Gasteiger partial charge in [0.1, 0.15) is 12.6 Å². The van der Waals surface area contributed by atoms with Crippen LogP contribution >= 0.6 is 0 Å². The summed E-state index contributed by atoms with van der Waals surface area (Å²) in [6, 6.07) is 13.6. The summed E-state index contributed by atoms with van der Waals surface area (Å²) in [5, 5.41) is 21.4. The number of carbonyl (C=O) groups excluding carboxylic acids is 2. The van der Waals surface area contributed by atoms with Gasteiger partial charge in [-0.05, 0) is 42.2 Å². The van der Waals surface area contributed by atoms with Gasteiger partial charge in [-0.3, -0.25) is 14.8 Å². The van der Waals surface area contributed by atoms with Crippen molar-refractivity contribution in [1.29, 1.82) is 0 Å². The molecule has 3 aromatic rings. The Morgan fingerprint density at radius 3 is 2.48 bits per heavy atom. The lowest BCUT2D eigenvalue weighted by atomic mass is 9.86. The molecule has 0 radical (unpaired) electrons. The van der Waals surface area contributed by atoms with Crippen LogP contribution in [0.2, 0.25) is 0 Å². The van der Waals surface area contributed by atoms with Crippen LogP contribution in [0, 0.1) is 5.21 Å². The number of carbonyl (C=O) groups is 2. The number of benzene rings is 2. The Hall–Kier alpha value is -3.36. The average molecular weight is 445 g/mol. The van der Waals surface area contributed by atoms with Crippen molar-refractivity contribution in [3.8, 4) is 0 Å². The Labute approximate surface area is 190 Å². The molecule has 0 bridgehead atoms. The van der Waals surface area contributed by atoms with E-state index in [1.807, 2.05) is 29.2 Å². The second-order valence-electron chi connectivity index (χ2n) is 9.26. The van der Waals surface area contributed by atoms with Gasteiger partial charge in [-0.2, -0.15) is 0 Å². The molecule has 3 aliphatic rings. The zero-order chi connectivity index (χ0) is 22.7. The standard InChI is InChI=1S/C25H25N4O4/c30-22-14-27(16-5-1-2-6-16)25(31)21-13-19-18-7-3-4-8-20(18)26-23(19)24(28(21)22)15-9-11-17(12-10-15)29(32)33/h3-4,7-12,16,21,24,26,32H,1-2,5-6,13-14H2/q-1. The third-order valence-electron chi connectivity index (χ3n) is 7.49. The molecule has 2 N–H and O–H groups in total. The normalized spacial score (nSPS) is 23.2. The van der Waals surface area contributed by atoms with Gasteiger partial charge in [0.2, 0.25) is 11.8 Å². The van der Waals surface area contributed by atoms with E-state index in [-0.39, 0.29) is 35.3 Å². The van der Waals surface area contributed by atoms with Crippen molar-refractivity contribution >= 4 is 28.4 Å². The fourth-order valence-corrected chi connectivity index (χ4v) is 5.94. The summed E-state index contributed by atoms with van der Waals surface area (Å²) >= 11 is 0. The number of aromatic amines is 1. The maximum atomic E-state index is 13.7. The van der Waals surface area contributed by atoms with Crippen LogP contribution in [0.3, 0.4) is 0 Å². The molecule has 8 nitrogen and oxygen atoms in total. The predicted molar refractivity (Wildman–Crippen MR) is 123 cm³/mol. The Morgan fingerprint density at radius 2 is 1.76 bits per heavy atom. The van der Waals surface area contributed by atoms with Gasteiger partial charge >= 0.3 is 0 Å². The van der Waals surface area contributed by atoms with Gasteiger partial charge in [0.15, 0.2) is 0 Å². The van der Waals surface area contributed by atoms with Crippen molar-refractivity contribution < 1.29 is 14.8 Å². The van der Waals surface area contributed by atoms with E-state index in [1.165, 1.54) is 12.1 Å². The quantitative estimate of drug-likeness (QED) is 0.601. The lowest BCUT2D eigenvalue weighted by Crippen LogP contribution is -2.64. The second-order valence-corrected chi connectivity index (χ2v) is 9.26. The Morgan fingerprint density at radius 1 is 1.03 bits per heavy atom. The first-order chi connectivity index (χ1) is 16.0. The summed E-state index contributed by atoms with van der Waals surface area (Å²) in [6.07, 6.45) is 4.59. The molecule has 0 spiro atoms. The Balaban J connectivity index is 1.49. The van der Waals surface area contributed by atoms with Crippen LogP contribution in [0.1, 0.15) is 48.5 Å². The van der Waals surface area contributed by atoms with Gasteiger partial charge in [0, 0.05) is 29.1 Å². The van der Waals surface area contributed by atoms with E-state index in [0.717, 1.165) is 53.4 Å². The minimum atomic E-state index is -0.558. The minimum Gasteiger partial charge on any atom is -0.733 e. The van der Waals surface area contributed by atoms with Crippen LogP contribution in [0.25, 0.3) is 10.9 Å². The zero-order valence-corrected chi connectivity index (χ0v) is 18.1. The first kappa shape index (κ1) is 20.3. The summed E-state index contributed by atoms with van der Waals surface area (Å²) in [5.41, 5.74) is 3.82. The van der Waals surface area contributed by atoms with Crippen LogP contribution in [-0.2, 0) is 16.0 Å². The van der Waals surface area contributed by atoms with Crippen molar-refractivity contribution in [2.45, 2.75) is 50.2 Å². The molecule has 1 saturated carbocycles. The molecule has 2 fully saturated rings. The lowest BCUT2D eigenvalue weighted by Gasteiger charge is -2.48. The summed E-state index contributed by atoms with van der Waals surface area (Å²) in [6.45, 7) is 0.106. The van der Waals surface area contributed by atoms with Crippen LogP contribution in [0.15, 0.2) is 48.5 Å². The maximum Gasteiger partial charge on any atom is 0.246 e. The van der Waals surface area contributed by atoms with Crippen LogP contribution in [0.4, 0.5) is 5.69 Å². The molecule has 170 valence electrons. The van der Waals surface area contributed by atoms with Gasteiger partial charge in [0.25, 0.3) is 0 Å². The number of H-pyrrole nitrogens is 1. The Bertz CT molecular complexity index is 1230. The number of hydrogen-bond acceptors (Lipinski definition) is 5. The van der Waals surface area contributed by atoms with Gasteiger partial charge in [0.05, 0.1) is 11.7 Å². The number of fused-ring (bicyclic) bond motifs is 4. The van der Waals surface area contributed by atoms with Gasteiger partial charge in [-0.1, -0.05) is 43.2 Å². The largest absolute Gasteiger partial charge is 0.733 e. The van der Waals surface area contributed by atoms with Gasteiger partial charge in [-0.25, -0.2) is 0 Å². The molecule has 1 aliphatic carbocycles. The monoisotopic (exact) mass is 445 g/mol. The SMILES string of the molecule is O=C1C2Cc3c([nH]c4ccccc34)C(c3ccc(N([O-])O)cc3)N2C(=O)CN1C1CCCC1. The Kier molecular flexibility index (Phi) is 4.67. The second kappa shape index (κ2) is 7.60. The summed E-state index contributed by atoms with van der Waals surface area (Å²) in [7, 11) is 0. The van der Waals surface area contributed by atoms with E-state index < -0.39 is 12.1 Å². The highest BCUT2D eigenvalue weighted by molar-refractivity contribution is 5.97. The lowest BCUT2D eigenvalue weighted by molar-refractivity contribution is -0.160. The number of nitrogens with zero attached hydrogens (tertiary/aromatic N) is 3. The number of anilines is 1. The minimum absolute atomic E-state index is 0.0279. The number of rotatable bonds is 3. The highest BCUT2D eigenvalue weighted by Gasteiger charge is 2.49. The fourth-order valence-electron chi connectivity index (χ4n) is 5.94. The molecule has 33 heavy (non-hydrogen) atoms. The topological polar surface area (TPSA) is 103 Å². The molecule has 1 aromatic heterocycles. The van der Waals surface area contributed by atoms with Crippen LogP contribution < -0.4 is 5.23 Å². The number of aromatic nitrogens is 1. The smallest absolute Gasteiger partial charge is 0.246 e. The van der Waals surface area contributed by atoms with E-state index in [1.54, 1.807) is 17.0 Å². The molecule has 2 amide bonds. The molecule has 2 atom stereocenters. The molecule has 8 heteroatoms. The van der Waals surface area contributed by atoms with E-state index in [0.29, 0.717) is 6.42 Å². The van der Waals surface area contributed by atoms with Crippen molar-refractivity contribution in [2.24, 2.45) is 0 Å². The van der Waals surface area contributed by atoms with Crippen molar-refractivity contribution in [3.05, 3.63) is 70.6 Å². The highest BCUT2D eigenvalue weighted by Crippen LogP contribution is 2.43. The fraction of sp³-hybridized carbons (Fsp3) is 0.360. The zero-order valence-electron chi connectivity index (χ0n) is 18.1. The highest BCUT2D eigenvalue weighted by atomic mass is 16.8. The predicted octanol–water partition coefficient (Wildman–Crippen LogP) is 3.49. The number of para-hydroxylation sites is 1. The molecule has 6 rings (SSSR count). The van der Waals surface area contributed by atoms with Crippen molar-refractivity contribution in [2.75, 3.05) is 11.8 Å². The third-order valence-corrected chi connectivity index (χ3v) is 7.49. The van der Waals surface area contributed by atoms with Crippen LogP contribution in [0.5, 0.6) is 0 Å².